The molecule has 0 aromatic heterocycles. The van der Waals surface area contributed by atoms with Crippen LogP contribution in [0.4, 0.5) is 10.1 Å². The molecule has 8 nitrogen and oxygen atoms in total. The van der Waals surface area contributed by atoms with Crippen LogP contribution in [-0.2, 0) is 21.5 Å². The topological polar surface area (TPSA) is 88.2 Å². The van der Waals surface area contributed by atoms with Gasteiger partial charge in [0.05, 0.1) is 31.5 Å². The summed E-state index contributed by atoms with van der Waals surface area (Å²) in [5.74, 6) is -0.218. The summed E-state index contributed by atoms with van der Waals surface area (Å²) >= 11 is 6.12. The third kappa shape index (κ3) is 5.45. The Kier molecular flexibility index (Phi) is 7.37. The van der Waals surface area contributed by atoms with Crippen LogP contribution in [0, 0.1) is 5.82 Å². The van der Waals surface area contributed by atoms with Crippen LogP contribution < -0.4 is 14.8 Å². The van der Waals surface area contributed by atoms with E-state index in [0.29, 0.717) is 35.7 Å². The number of nitrogens with zero attached hydrogens (tertiary/aromatic N) is 2. The van der Waals surface area contributed by atoms with Gasteiger partial charge in [-0.15, -0.1) is 0 Å². The highest BCUT2D eigenvalue weighted by Crippen LogP contribution is 2.36. The molecule has 0 saturated carbocycles. The summed E-state index contributed by atoms with van der Waals surface area (Å²) in [6.07, 6.45) is 0.561. The first-order chi connectivity index (χ1) is 14.7. The largest absolute Gasteiger partial charge is 0.495 e. The normalized spacial score (nSPS) is 16.6. The van der Waals surface area contributed by atoms with Gasteiger partial charge in [-0.25, -0.2) is 4.39 Å². The number of hydrogen-bond donors (Lipinski definition) is 1. The quantitative estimate of drug-likeness (QED) is 0.670. The summed E-state index contributed by atoms with van der Waals surface area (Å²) in [7, 11) is -0.972. The Morgan fingerprint density at radius 1 is 1.10 bits per heavy atom. The molecule has 2 aromatic carbocycles. The van der Waals surface area contributed by atoms with E-state index in [1.54, 1.807) is 0 Å². The van der Waals surface area contributed by atoms with Crippen molar-refractivity contribution in [2.45, 2.75) is 13.0 Å². The van der Waals surface area contributed by atoms with Crippen molar-refractivity contribution in [3.05, 3.63) is 52.8 Å². The second-order valence-corrected chi connectivity index (χ2v) is 9.23. The molecular formula is C20H23ClFN3O5S. The Bertz CT molecular complexity index is 1050. The highest BCUT2D eigenvalue weighted by molar-refractivity contribution is 7.86. The van der Waals surface area contributed by atoms with Crippen molar-refractivity contribution < 1.29 is 27.1 Å². The highest BCUT2D eigenvalue weighted by Gasteiger charge is 2.34. The minimum atomic E-state index is -3.86. The van der Waals surface area contributed by atoms with Crippen molar-refractivity contribution in [1.29, 1.82) is 0 Å². The number of nitrogens with one attached hydrogen (secondary N) is 1. The second kappa shape index (κ2) is 9.82. The number of hydrogen-bond acceptors (Lipinski definition) is 5. The second-order valence-electron chi connectivity index (χ2n) is 6.89. The first-order valence-corrected chi connectivity index (χ1v) is 11.2. The van der Waals surface area contributed by atoms with Gasteiger partial charge in [0, 0.05) is 25.7 Å². The van der Waals surface area contributed by atoms with Gasteiger partial charge in [-0.05, 0) is 30.2 Å². The van der Waals surface area contributed by atoms with Gasteiger partial charge < -0.3 is 14.8 Å². The third-order valence-corrected chi connectivity index (χ3v) is 7.03. The fraction of sp³-hybridized carbons (Fsp3) is 0.350. The zero-order valence-corrected chi connectivity index (χ0v) is 18.7. The van der Waals surface area contributed by atoms with Crippen molar-refractivity contribution in [2.75, 3.05) is 39.2 Å². The maximum Gasteiger partial charge on any atom is 0.282 e. The standard InChI is InChI=1S/C20H23ClFN3O5S/c1-29-18-11-19(30-2)17(10-16(18)21)23-20(26)13-25-9-3-8-24(31(25,27)28)12-14-4-6-15(22)7-5-14/h4-7,10-11H,3,8-9,12-13H2,1-2H3,(H,23,26). The number of amides is 1. The van der Waals surface area contributed by atoms with Crippen LogP contribution >= 0.6 is 11.6 Å². The van der Waals surface area contributed by atoms with Crippen LogP contribution in [0.3, 0.4) is 0 Å². The Morgan fingerprint density at radius 2 is 1.74 bits per heavy atom. The van der Waals surface area contributed by atoms with Gasteiger partial charge >= 0.3 is 0 Å². The van der Waals surface area contributed by atoms with Crippen LogP contribution in [0.5, 0.6) is 11.5 Å². The highest BCUT2D eigenvalue weighted by atomic mass is 35.5. The van der Waals surface area contributed by atoms with E-state index < -0.39 is 21.9 Å². The average Bonchev–Trinajstić information content (AvgIpc) is 2.73. The van der Waals surface area contributed by atoms with Crippen molar-refractivity contribution in [2.24, 2.45) is 0 Å². The molecule has 0 aliphatic carbocycles. The lowest BCUT2D eigenvalue weighted by Crippen LogP contribution is -2.51. The first kappa shape index (κ1) is 23.3. The number of rotatable bonds is 7. The van der Waals surface area contributed by atoms with Gasteiger partial charge in [0.25, 0.3) is 10.2 Å². The molecule has 1 saturated heterocycles. The van der Waals surface area contributed by atoms with E-state index in [0.717, 1.165) is 4.31 Å². The number of anilines is 1. The molecule has 0 unspecified atom stereocenters. The Labute approximate surface area is 185 Å². The lowest BCUT2D eigenvalue weighted by molar-refractivity contribution is -0.116. The molecule has 1 heterocycles. The summed E-state index contributed by atoms with van der Waals surface area (Å²) in [6.45, 7) is 0.271. The predicted molar refractivity (Wildman–Crippen MR) is 115 cm³/mol. The van der Waals surface area contributed by atoms with Crippen molar-refractivity contribution in [1.82, 2.24) is 8.61 Å². The summed E-state index contributed by atoms with van der Waals surface area (Å²) in [4.78, 5) is 12.6. The van der Waals surface area contributed by atoms with Crippen molar-refractivity contribution >= 4 is 33.4 Å². The molecule has 168 valence electrons. The number of methoxy groups -OCH3 is 2. The maximum atomic E-state index is 13.1. The molecule has 1 aliphatic rings. The minimum Gasteiger partial charge on any atom is -0.495 e. The summed E-state index contributed by atoms with van der Waals surface area (Å²) < 4.78 is 51.8. The molecule has 1 aliphatic heterocycles. The number of benzene rings is 2. The minimum absolute atomic E-state index is 0.0998. The van der Waals surface area contributed by atoms with E-state index >= 15 is 0 Å². The van der Waals surface area contributed by atoms with E-state index in [4.69, 9.17) is 21.1 Å². The number of halogens is 2. The van der Waals surface area contributed by atoms with Crippen LogP contribution in [0.15, 0.2) is 36.4 Å². The summed E-state index contributed by atoms with van der Waals surface area (Å²) in [6, 6.07) is 8.64. The molecule has 1 N–H and O–H groups in total. The van der Waals surface area contributed by atoms with Crippen LogP contribution in [-0.4, -0.2) is 56.8 Å². The average molecular weight is 472 g/mol. The number of carbonyl (C=O) groups excluding carboxylic acids is 1. The molecule has 0 spiro atoms. The molecule has 3 rings (SSSR count). The molecular weight excluding hydrogens is 449 g/mol. The Balaban J connectivity index is 1.71. The van der Waals surface area contributed by atoms with Crippen molar-refractivity contribution in [3.63, 3.8) is 0 Å². The lowest BCUT2D eigenvalue weighted by Gasteiger charge is -2.34. The molecule has 0 bridgehead atoms. The SMILES string of the molecule is COc1cc(OC)c(NC(=O)CN2CCCN(Cc3ccc(F)cc3)S2(=O)=O)cc1Cl. The zero-order valence-electron chi connectivity index (χ0n) is 17.1. The van der Waals surface area contributed by atoms with Gasteiger partial charge in [0.2, 0.25) is 5.91 Å². The van der Waals surface area contributed by atoms with E-state index in [-0.39, 0.29) is 24.7 Å². The molecule has 1 amide bonds. The molecule has 2 aromatic rings. The Hall–Kier alpha value is -2.40. The molecule has 0 atom stereocenters. The van der Waals surface area contributed by atoms with E-state index in [9.17, 15) is 17.6 Å². The van der Waals surface area contributed by atoms with Crippen LogP contribution in [0.1, 0.15) is 12.0 Å². The maximum absolute atomic E-state index is 13.1. The smallest absolute Gasteiger partial charge is 0.282 e. The van der Waals surface area contributed by atoms with Gasteiger partial charge in [-0.1, -0.05) is 23.7 Å². The molecule has 0 radical (unpaired) electrons. The molecule has 1 fully saturated rings. The lowest BCUT2D eigenvalue weighted by atomic mass is 10.2. The summed E-state index contributed by atoms with van der Waals surface area (Å²) in [5.41, 5.74) is 0.963. The first-order valence-electron chi connectivity index (χ1n) is 9.45. The number of ether oxygens (including phenoxy) is 2. The molecule has 31 heavy (non-hydrogen) atoms. The predicted octanol–water partition coefficient (Wildman–Crippen LogP) is 2.89. The van der Waals surface area contributed by atoms with Gasteiger partial charge in [-0.3, -0.25) is 4.79 Å². The van der Waals surface area contributed by atoms with Crippen LogP contribution in [0.2, 0.25) is 5.02 Å². The van der Waals surface area contributed by atoms with E-state index in [2.05, 4.69) is 5.32 Å². The zero-order chi connectivity index (χ0) is 22.6. The van der Waals surface area contributed by atoms with Crippen LogP contribution in [0.25, 0.3) is 0 Å². The summed E-state index contributed by atoms with van der Waals surface area (Å²) in [5, 5.41) is 2.91. The van der Waals surface area contributed by atoms with E-state index in [1.807, 2.05) is 0 Å². The fourth-order valence-electron chi connectivity index (χ4n) is 3.24. The third-order valence-electron chi connectivity index (χ3n) is 4.81. The fourth-order valence-corrected chi connectivity index (χ4v) is 5.12. The van der Waals surface area contributed by atoms with E-state index in [1.165, 1.54) is 54.9 Å². The Morgan fingerprint density at radius 3 is 2.39 bits per heavy atom. The van der Waals surface area contributed by atoms with Gasteiger partial charge in [-0.2, -0.15) is 17.0 Å². The van der Waals surface area contributed by atoms with Gasteiger partial charge in [0.1, 0.15) is 17.3 Å². The monoisotopic (exact) mass is 471 g/mol. The number of carbonyl (C=O) groups is 1. The van der Waals surface area contributed by atoms with Crippen molar-refractivity contribution in [3.8, 4) is 11.5 Å². The van der Waals surface area contributed by atoms with Gasteiger partial charge in [0.15, 0.2) is 0 Å². The molecule has 11 heteroatoms.